The highest BCUT2D eigenvalue weighted by Gasteiger charge is 2.18. The van der Waals surface area contributed by atoms with Crippen LogP contribution in [-0.4, -0.2) is 58.6 Å². The first kappa shape index (κ1) is 21.8. The summed E-state index contributed by atoms with van der Waals surface area (Å²) in [7, 11) is 1.59. The van der Waals surface area contributed by atoms with Gasteiger partial charge in [0.05, 0.1) is 22.8 Å². The van der Waals surface area contributed by atoms with E-state index >= 15 is 0 Å². The summed E-state index contributed by atoms with van der Waals surface area (Å²) in [5, 5.41) is 3.12. The fourth-order valence-electron chi connectivity index (χ4n) is 4.08. The first-order valence-corrected chi connectivity index (χ1v) is 10.9. The highest BCUT2D eigenvalue weighted by Crippen LogP contribution is 2.18. The molecule has 0 aliphatic carbocycles. The topological polar surface area (TPSA) is 103 Å². The van der Waals surface area contributed by atoms with Crippen molar-refractivity contribution < 1.29 is 4.79 Å². The monoisotopic (exact) mass is 436 g/mol. The number of carbonyl (C=O) groups is 1. The van der Waals surface area contributed by atoms with Crippen molar-refractivity contribution in [3.8, 4) is 0 Å². The molecule has 3 aromatic rings. The first-order valence-electron chi connectivity index (χ1n) is 10.9. The Hall–Kier alpha value is -3.46. The maximum atomic E-state index is 12.6. The molecule has 1 saturated heterocycles. The van der Waals surface area contributed by atoms with Crippen LogP contribution in [0, 0.1) is 0 Å². The number of anilines is 1. The van der Waals surface area contributed by atoms with Gasteiger partial charge in [-0.25, -0.2) is 9.78 Å². The SMILES string of the molecule is CCCn1c(=O)[nH]c2cc(CN3CCN(c4ccc(C(=O)NC)nc4)CC3)ccc2c1=O. The van der Waals surface area contributed by atoms with Crippen LogP contribution in [0.25, 0.3) is 10.9 Å². The van der Waals surface area contributed by atoms with Gasteiger partial charge in [0, 0.05) is 46.3 Å². The lowest BCUT2D eigenvalue weighted by atomic mass is 10.1. The van der Waals surface area contributed by atoms with Gasteiger partial charge in [0.2, 0.25) is 0 Å². The number of aromatic amines is 1. The highest BCUT2D eigenvalue weighted by atomic mass is 16.2. The predicted molar refractivity (Wildman–Crippen MR) is 124 cm³/mol. The summed E-state index contributed by atoms with van der Waals surface area (Å²) < 4.78 is 1.26. The molecule has 2 N–H and O–H groups in total. The standard InChI is InChI=1S/C23H28N6O3/c1-3-8-29-22(31)18-6-4-16(13-20(18)26-23(29)32)15-27-9-11-28(12-10-27)17-5-7-19(25-14-17)21(30)24-2/h4-7,13-14H,3,8-12,15H2,1-2H3,(H,24,30)(H,26,32). The Morgan fingerprint density at radius 2 is 1.91 bits per heavy atom. The molecule has 0 unspecified atom stereocenters. The third-order valence-electron chi connectivity index (χ3n) is 5.84. The van der Waals surface area contributed by atoms with Crippen molar-refractivity contribution in [2.75, 3.05) is 38.1 Å². The summed E-state index contributed by atoms with van der Waals surface area (Å²) in [4.78, 5) is 48.2. The van der Waals surface area contributed by atoms with Crippen molar-refractivity contribution in [1.29, 1.82) is 0 Å². The van der Waals surface area contributed by atoms with Crippen molar-refractivity contribution in [1.82, 2.24) is 24.8 Å². The van der Waals surface area contributed by atoms with E-state index in [1.165, 1.54) is 4.57 Å². The van der Waals surface area contributed by atoms with E-state index in [9.17, 15) is 14.4 Å². The summed E-state index contributed by atoms with van der Waals surface area (Å²) in [6.07, 6.45) is 2.47. The van der Waals surface area contributed by atoms with E-state index < -0.39 is 0 Å². The number of pyridine rings is 1. The molecule has 1 aromatic carbocycles. The number of amides is 1. The van der Waals surface area contributed by atoms with E-state index in [4.69, 9.17) is 0 Å². The summed E-state index contributed by atoms with van der Waals surface area (Å²) >= 11 is 0. The van der Waals surface area contributed by atoms with Gasteiger partial charge in [-0.05, 0) is 36.2 Å². The van der Waals surface area contributed by atoms with E-state index in [-0.39, 0.29) is 17.2 Å². The maximum absolute atomic E-state index is 12.6. The zero-order valence-corrected chi connectivity index (χ0v) is 18.4. The summed E-state index contributed by atoms with van der Waals surface area (Å²) in [5.41, 5.74) is 2.47. The van der Waals surface area contributed by atoms with Crippen LogP contribution < -0.4 is 21.5 Å². The number of hydrogen-bond acceptors (Lipinski definition) is 6. The molecule has 1 aliphatic heterocycles. The van der Waals surface area contributed by atoms with Crippen molar-refractivity contribution in [3.63, 3.8) is 0 Å². The molecule has 9 heteroatoms. The summed E-state index contributed by atoms with van der Waals surface area (Å²) in [5.74, 6) is -0.192. The molecule has 2 aromatic heterocycles. The molecular formula is C23H28N6O3. The quantitative estimate of drug-likeness (QED) is 0.602. The fraction of sp³-hybridized carbons (Fsp3) is 0.391. The number of carbonyl (C=O) groups excluding carboxylic acids is 1. The molecule has 0 atom stereocenters. The lowest BCUT2D eigenvalue weighted by Crippen LogP contribution is -2.46. The van der Waals surface area contributed by atoms with Gasteiger partial charge in [-0.3, -0.25) is 19.1 Å². The van der Waals surface area contributed by atoms with Crippen LogP contribution in [0.5, 0.6) is 0 Å². The number of rotatable bonds is 6. The van der Waals surface area contributed by atoms with Crippen molar-refractivity contribution in [2.45, 2.75) is 26.4 Å². The molecule has 4 rings (SSSR count). The van der Waals surface area contributed by atoms with Gasteiger partial charge in [-0.15, -0.1) is 0 Å². The van der Waals surface area contributed by atoms with Crippen LogP contribution in [-0.2, 0) is 13.1 Å². The minimum Gasteiger partial charge on any atom is -0.368 e. The molecular weight excluding hydrogens is 408 g/mol. The molecule has 0 bridgehead atoms. The number of nitrogens with one attached hydrogen (secondary N) is 2. The molecule has 0 saturated carbocycles. The van der Waals surface area contributed by atoms with E-state index in [2.05, 4.69) is 25.1 Å². The van der Waals surface area contributed by atoms with Gasteiger partial charge in [-0.2, -0.15) is 0 Å². The molecule has 3 heterocycles. The van der Waals surface area contributed by atoms with E-state index in [1.807, 2.05) is 31.2 Å². The summed E-state index contributed by atoms with van der Waals surface area (Å²) in [6.45, 7) is 6.57. The predicted octanol–water partition coefficient (Wildman–Crippen LogP) is 1.18. The Kier molecular flexibility index (Phi) is 6.36. The number of benzene rings is 1. The average Bonchev–Trinajstić information content (AvgIpc) is 2.82. The Labute approximate surface area is 185 Å². The molecule has 1 aliphatic rings. The van der Waals surface area contributed by atoms with Crippen LogP contribution in [0.2, 0.25) is 0 Å². The largest absolute Gasteiger partial charge is 0.368 e. The Balaban J connectivity index is 1.41. The zero-order chi connectivity index (χ0) is 22.7. The van der Waals surface area contributed by atoms with Crippen molar-refractivity contribution in [2.24, 2.45) is 0 Å². The van der Waals surface area contributed by atoms with E-state index in [1.54, 1.807) is 19.3 Å². The second-order valence-electron chi connectivity index (χ2n) is 8.01. The maximum Gasteiger partial charge on any atom is 0.328 e. The van der Waals surface area contributed by atoms with Gasteiger partial charge >= 0.3 is 5.69 Å². The van der Waals surface area contributed by atoms with E-state index in [0.29, 0.717) is 23.1 Å². The Bertz CT molecular complexity index is 1220. The van der Waals surface area contributed by atoms with Gasteiger partial charge in [0.25, 0.3) is 11.5 Å². The van der Waals surface area contributed by atoms with Gasteiger partial charge in [-0.1, -0.05) is 13.0 Å². The number of fused-ring (bicyclic) bond motifs is 1. The zero-order valence-electron chi connectivity index (χ0n) is 18.4. The Morgan fingerprint density at radius 3 is 2.56 bits per heavy atom. The normalized spacial score (nSPS) is 14.6. The number of nitrogens with zero attached hydrogens (tertiary/aromatic N) is 4. The van der Waals surface area contributed by atoms with Crippen LogP contribution in [0.4, 0.5) is 5.69 Å². The summed E-state index contributed by atoms with van der Waals surface area (Å²) in [6, 6.07) is 9.35. The lowest BCUT2D eigenvalue weighted by Gasteiger charge is -2.36. The van der Waals surface area contributed by atoms with Gasteiger partial charge in [0.15, 0.2) is 0 Å². The molecule has 0 spiro atoms. The number of aromatic nitrogens is 3. The van der Waals surface area contributed by atoms with Crippen LogP contribution >= 0.6 is 0 Å². The molecule has 1 amide bonds. The lowest BCUT2D eigenvalue weighted by molar-refractivity contribution is 0.0958. The van der Waals surface area contributed by atoms with Crippen molar-refractivity contribution in [3.05, 3.63) is 68.6 Å². The molecule has 1 fully saturated rings. The van der Waals surface area contributed by atoms with Crippen molar-refractivity contribution >= 4 is 22.5 Å². The number of hydrogen-bond donors (Lipinski definition) is 2. The van der Waals surface area contributed by atoms with E-state index in [0.717, 1.165) is 50.4 Å². The number of piperazine rings is 1. The minimum atomic E-state index is -0.355. The minimum absolute atomic E-state index is 0.192. The smallest absolute Gasteiger partial charge is 0.328 e. The molecule has 168 valence electrons. The average molecular weight is 437 g/mol. The first-order chi connectivity index (χ1) is 15.5. The van der Waals surface area contributed by atoms with Gasteiger partial charge < -0.3 is 15.2 Å². The Morgan fingerprint density at radius 1 is 1.12 bits per heavy atom. The second-order valence-corrected chi connectivity index (χ2v) is 8.01. The second kappa shape index (κ2) is 9.35. The van der Waals surface area contributed by atoms with Crippen LogP contribution in [0.1, 0.15) is 29.4 Å². The molecule has 32 heavy (non-hydrogen) atoms. The fourth-order valence-corrected chi connectivity index (χ4v) is 4.08. The highest BCUT2D eigenvalue weighted by molar-refractivity contribution is 5.92. The van der Waals surface area contributed by atoms with Gasteiger partial charge in [0.1, 0.15) is 5.69 Å². The van der Waals surface area contributed by atoms with Crippen LogP contribution in [0.15, 0.2) is 46.1 Å². The molecule has 9 nitrogen and oxygen atoms in total. The molecule has 0 radical (unpaired) electrons. The number of H-pyrrole nitrogens is 1. The van der Waals surface area contributed by atoms with Crippen LogP contribution in [0.3, 0.4) is 0 Å². The third-order valence-corrected chi connectivity index (χ3v) is 5.84. The third kappa shape index (κ3) is 4.43.